The number of rotatable bonds is 5. The summed E-state index contributed by atoms with van der Waals surface area (Å²) in [6.07, 6.45) is 0. The summed E-state index contributed by atoms with van der Waals surface area (Å²) in [7, 11) is 2.06. The van der Waals surface area contributed by atoms with E-state index in [0.29, 0.717) is 12.4 Å². The van der Waals surface area contributed by atoms with E-state index in [4.69, 9.17) is 4.74 Å². The van der Waals surface area contributed by atoms with Crippen LogP contribution < -0.4 is 4.74 Å². The molecular formula is C15H22N2O3. The van der Waals surface area contributed by atoms with Gasteiger partial charge in [0.2, 0.25) is 0 Å². The van der Waals surface area contributed by atoms with Gasteiger partial charge in [-0.15, -0.1) is 0 Å². The minimum Gasteiger partial charge on any atom is -0.494 e. The molecule has 1 heterocycles. The van der Waals surface area contributed by atoms with Gasteiger partial charge in [-0.2, -0.15) is 0 Å². The van der Waals surface area contributed by atoms with E-state index in [1.54, 1.807) is 0 Å². The van der Waals surface area contributed by atoms with Gasteiger partial charge < -0.3 is 14.7 Å². The number of carboxylic acid groups (broad SMARTS) is 1. The first-order valence-electron chi connectivity index (χ1n) is 7.00. The fourth-order valence-corrected chi connectivity index (χ4v) is 2.56. The van der Waals surface area contributed by atoms with Crippen LogP contribution in [0.2, 0.25) is 0 Å². The Bertz CT molecular complexity index is 456. The molecule has 0 radical (unpaired) electrons. The molecule has 5 nitrogen and oxygen atoms in total. The Kier molecular flexibility index (Phi) is 4.98. The summed E-state index contributed by atoms with van der Waals surface area (Å²) in [6, 6.07) is 6.79. The van der Waals surface area contributed by atoms with Crippen LogP contribution in [0.25, 0.3) is 0 Å². The lowest BCUT2D eigenvalue weighted by Crippen LogP contribution is -2.47. The van der Waals surface area contributed by atoms with Crippen LogP contribution in [0.1, 0.15) is 18.5 Å². The SMILES string of the molecule is CCOc1ccccc1C(C(=O)O)N1CCN(C)CC1. The monoisotopic (exact) mass is 278 g/mol. The first kappa shape index (κ1) is 14.8. The van der Waals surface area contributed by atoms with Crippen molar-refractivity contribution in [1.29, 1.82) is 0 Å². The highest BCUT2D eigenvalue weighted by molar-refractivity contribution is 5.76. The van der Waals surface area contributed by atoms with Crippen LogP contribution in [0.3, 0.4) is 0 Å². The van der Waals surface area contributed by atoms with Crippen LogP contribution in [-0.2, 0) is 4.79 Å². The maximum absolute atomic E-state index is 11.7. The van der Waals surface area contributed by atoms with E-state index in [1.807, 2.05) is 36.1 Å². The van der Waals surface area contributed by atoms with Crippen molar-refractivity contribution in [3.63, 3.8) is 0 Å². The number of para-hydroxylation sites is 1. The van der Waals surface area contributed by atoms with Crippen LogP contribution in [0, 0.1) is 0 Å². The van der Waals surface area contributed by atoms with E-state index in [-0.39, 0.29) is 0 Å². The van der Waals surface area contributed by atoms with Crippen molar-refractivity contribution in [3.05, 3.63) is 29.8 Å². The first-order chi connectivity index (χ1) is 9.63. The highest BCUT2D eigenvalue weighted by Crippen LogP contribution is 2.30. The smallest absolute Gasteiger partial charge is 0.325 e. The third kappa shape index (κ3) is 3.29. The highest BCUT2D eigenvalue weighted by atomic mass is 16.5. The Morgan fingerprint density at radius 2 is 1.95 bits per heavy atom. The zero-order valence-corrected chi connectivity index (χ0v) is 12.1. The van der Waals surface area contributed by atoms with Crippen molar-refractivity contribution in [2.45, 2.75) is 13.0 Å². The molecule has 1 fully saturated rings. The van der Waals surface area contributed by atoms with E-state index in [9.17, 15) is 9.90 Å². The van der Waals surface area contributed by atoms with Crippen LogP contribution in [-0.4, -0.2) is 60.7 Å². The second kappa shape index (κ2) is 6.72. The second-order valence-electron chi connectivity index (χ2n) is 5.05. The summed E-state index contributed by atoms with van der Waals surface area (Å²) in [5, 5.41) is 9.63. The van der Waals surface area contributed by atoms with Gasteiger partial charge in [-0.05, 0) is 20.0 Å². The third-order valence-electron chi connectivity index (χ3n) is 3.65. The predicted octanol–water partition coefficient (Wildman–Crippen LogP) is 1.46. The van der Waals surface area contributed by atoms with Gasteiger partial charge in [0.15, 0.2) is 0 Å². The van der Waals surface area contributed by atoms with Gasteiger partial charge in [0.1, 0.15) is 11.8 Å². The third-order valence-corrected chi connectivity index (χ3v) is 3.65. The Morgan fingerprint density at radius 1 is 1.30 bits per heavy atom. The molecule has 1 saturated heterocycles. The maximum Gasteiger partial charge on any atom is 0.325 e. The Balaban J connectivity index is 2.27. The normalized spacial score (nSPS) is 18.7. The number of carbonyl (C=O) groups is 1. The summed E-state index contributed by atoms with van der Waals surface area (Å²) in [5.41, 5.74) is 0.742. The van der Waals surface area contributed by atoms with Gasteiger partial charge in [0.25, 0.3) is 0 Å². The fraction of sp³-hybridized carbons (Fsp3) is 0.533. The molecule has 1 aliphatic rings. The molecule has 0 saturated carbocycles. The summed E-state index contributed by atoms with van der Waals surface area (Å²) in [4.78, 5) is 16.0. The number of ether oxygens (including phenoxy) is 1. The molecule has 1 N–H and O–H groups in total. The Labute approximate surface area is 119 Å². The quantitative estimate of drug-likeness (QED) is 0.883. The van der Waals surface area contributed by atoms with E-state index >= 15 is 0 Å². The number of hydrogen-bond donors (Lipinski definition) is 1. The molecule has 110 valence electrons. The molecule has 1 aliphatic heterocycles. The first-order valence-corrected chi connectivity index (χ1v) is 7.00. The van der Waals surface area contributed by atoms with Gasteiger partial charge >= 0.3 is 5.97 Å². The molecule has 1 aromatic carbocycles. The largest absolute Gasteiger partial charge is 0.494 e. The van der Waals surface area contributed by atoms with Gasteiger partial charge in [0, 0.05) is 31.7 Å². The molecular weight excluding hydrogens is 256 g/mol. The van der Waals surface area contributed by atoms with Crippen molar-refractivity contribution in [3.8, 4) is 5.75 Å². The molecule has 1 atom stereocenters. The van der Waals surface area contributed by atoms with Crippen molar-refractivity contribution < 1.29 is 14.6 Å². The number of nitrogens with zero attached hydrogens (tertiary/aromatic N) is 2. The number of aliphatic carboxylic acids is 1. The minimum atomic E-state index is -0.818. The minimum absolute atomic E-state index is 0.534. The van der Waals surface area contributed by atoms with Crippen LogP contribution in [0.4, 0.5) is 0 Å². The lowest BCUT2D eigenvalue weighted by atomic mass is 10.0. The standard InChI is InChI=1S/C15H22N2O3/c1-3-20-13-7-5-4-6-12(13)14(15(18)19)17-10-8-16(2)9-11-17/h4-7,14H,3,8-11H2,1-2H3,(H,18,19). The molecule has 2 rings (SSSR count). The molecule has 5 heteroatoms. The average Bonchev–Trinajstić information content (AvgIpc) is 2.43. The van der Waals surface area contributed by atoms with Crippen molar-refractivity contribution >= 4 is 5.97 Å². The average molecular weight is 278 g/mol. The summed E-state index contributed by atoms with van der Waals surface area (Å²) >= 11 is 0. The number of benzene rings is 1. The number of carboxylic acids is 1. The maximum atomic E-state index is 11.7. The molecule has 0 spiro atoms. The molecule has 0 bridgehead atoms. The van der Waals surface area contributed by atoms with E-state index < -0.39 is 12.0 Å². The van der Waals surface area contributed by atoms with Crippen molar-refractivity contribution in [1.82, 2.24) is 9.80 Å². The summed E-state index contributed by atoms with van der Waals surface area (Å²) in [5.74, 6) is -0.150. The molecule has 1 aromatic rings. The Morgan fingerprint density at radius 3 is 2.55 bits per heavy atom. The van der Waals surface area contributed by atoms with Crippen LogP contribution >= 0.6 is 0 Å². The molecule has 0 amide bonds. The second-order valence-corrected chi connectivity index (χ2v) is 5.05. The highest BCUT2D eigenvalue weighted by Gasteiger charge is 2.31. The van der Waals surface area contributed by atoms with E-state index in [0.717, 1.165) is 31.7 Å². The van der Waals surface area contributed by atoms with Crippen molar-refractivity contribution in [2.75, 3.05) is 39.8 Å². The lowest BCUT2D eigenvalue weighted by molar-refractivity contribution is -0.144. The lowest BCUT2D eigenvalue weighted by Gasteiger charge is -2.36. The number of likely N-dealkylation sites (N-methyl/N-ethyl adjacent to an activating group) is 1. The van der Waals surface area contributed by atoms with Gasteiger partial charge in [-0.3, -0.25) is 9.69 Å². The number of piperazine rings is 1. The zero-order valence-electron chi connectivity index (χ0n) is 12.1. The molecule has 20 heavy (non-hydrogen) atoms. The molecule has 0 aromatic heterocycles. The Hall–Kier alpha value is -1.59. The number of hydrogen-bond acceptors (Lipinski definition) is 4. The van der Waals surface area contributed by atoms with Gasteiger partial charge in [-0.1, -0.05) is 18.2 Å². The zero-order chi connectivity index (χ0) is 14.5. The topological polar surface area (TPSA) is 53.0 Å². The van der Waals surface area contributed by atoms with Crippen molar-refractivity contribution in [2.24, 2.45) is 0 Å². The summed E-state index contributed by atoms with van der Waals surface area (Å²) in [6.45, 7) is 5.73. The molecule has 0 aliphatic carbocycles. The summed E-state index contributed by atoms with van der Waals surface area (Å²) < 4.78 is 5.58. The van der Waals surface area contributed by atoms with Crippen LogP contribution in [0.15, 0.2) is 24.3 Å². The fourth-order valence-electron chi connectivity index (χ4n) is 2.56. The van der Waals surface area contributed by atoms with E-state index in [1.165, 1.54) is 0 Å². The molecule has 1 unspecified atom stereocenters. The van der Waals surface area contributed by atoms with Gasteiger partial charge in [-0.25, -0.2) is 0 Å². The predicted molar refractivity (Wildman–Crippen MR) is 77.1 cm³/mol. The van der Waals surface area contributed by atoms with E-state index in [2.05, 4.69) is 11.9 Å². The van der Waals surface area contributed by atoms with Crippen LogP contribution in [0.5, 0.6) is 5.75 Å². The van der Waals surface area contributed by atoms with Gasteiger partial charge in [0.05, 0.1) is 6.61 Å².